The van der Waals surface area contributed by atoms with Crippen LogP contribution in [0.25, 0.3) is 10.8 Å². The Morgan fingerprint density at radius 2 is 1.60 bits per heavy atom. The molecule has 1 aliphatic heterocycles. The topological polar surface area (TPSA) is 84.9 Å². The highest BCUT2D eigenvalue weighted by Crippen LogP contribution is 2.34. The molecule has 0 aromatic heterocycles. The summed E-state index contributed by atoms with van der Waals surface area (Å²) in [4.78, 5) is 13.0. The SMILES string of the molecule is O=C(CN(c1ccc(F)cc1)S(=O)(=O)c1ccc2c(c1)OCCO2)Nc1cccc2ccccc12. The zero-order chi connectivity index (χ0) is 24.4. The lowest BCUT2D eigenvalue weighted by Crippen LogP contribution is -2.38. The quantitative estimate of drug-likeness (QED) is 0.426. The van der Waals surface area contributed by atoms with Crippen LogP contribution < -0.4 is 19.1 Å². The van der Waals surface area contributed by atoms with E-state index in [-0.39, 0.29) is 10.6 Å². The zero-order valence-corrected chi connectivity index (χ0v) is 19.3. The van der Waals surface area contributed by atoms with Crippen LogP contribution in [-0.2, 0) is 14.8 Å². The second-order valence-corrected chi connectivity index (χ2v) is 9.73. The van der Waals surface area contributed by atoms with Crippen molar-refractivity contribution in [3.05, 3.63) is 90.7 Å². The number of sulfonamides is 1. The molecular formula is C26H21FN2O5S. The normalized spacial score (nSPS) is 12.8. The van der Waals surface area contributed by atoms with Gasteiger partial charge in [0.2, 0.25) is 5.91 Å². The van der Waals surface area contributed by atoms with Crippen molar-refractivity contribution < 1.29 is 27.1 Å². The van der Waals surface area contributed by atoms with Gasteiger partial charge in [-0.2, -0.15) is 0 Å². The monoisotopic (exact) mass is 492 g/mol. The minimum atomic E-state index is -4.22. The zero-order valence-electron chi connectivity index (χ0n) is 18.5. The number of carbonyl (C=O) groups is 1. The number of ether oxygens (including phenoxy) is 2. The second kappa shape index (κ2) is 9.27. The van der Waals surface area contributed by atoms with Crippen LogP contribution in [0.15, 0.2) is 89.8 Å². The van der Waals surface area contributed by atoms with Gasteiger partial charge in [0.25, 0.3) is 10.0 Å². The number of carbonyl (C=O) groups excluding carboxylic acids is 1. The molecule has 1 N–H and O–H groups in total. The lowest BCUT2D eigenvalue weighted by atomic mass is 10.1. The van der Waals surface area contributed by atoms with Gasteiger partial charge in [-0.05, 0) is 47.9 Å². The van der Waals surface area contributed by atoms with Gasteiger partial charge in [0.05, 0.1) is 10.6 Å². The van der Waals surface area contributed by atoms with E-state index in [9.17, 15) is 17.6 Å². The number of hydrogen-bond acceptors (Lipinski definition) is 5. The first-order valence-corrected chi connectivity index (χ1v) is 12.3. The smallest absolute Gasteiger partial charge is 0.264 e. The fourth-order valence-electron chi connectivity index (χ4n) is 3.89. The summed E-state index contributed by atoms with van der Waals surface area (Å²) in [5.41, 5.74) is 0.707. The Morgan fingerprint density at radius 1 is 0.886 bits per heavy atom. The molecule has 0 saturated heterocycles. The third kappa shape index (κ3) is 4.63. The van der Waals surface area contributed by atoms with Crippen LogP contribution >= 0.6 is 0 Å². The van der Waals surface area contributed by atoms with E-state index < -0.39 is 28.3 Å². The largest absolute Gasteiger partial charge is 0.486 e. The molecule has 4 aromatic rings. The Labute approximate surface area is 201 Å². The van der Waals surface area contributed by atoms with Crippen LogP contribution in [0.5, 0.6) is 11.5 Å². The van der Waals surface area contributed by atoms with E-state index in [1.807, 2.05) is 36.4 Å². The number of fused-ring (bicyclic) bond motifs is 2. The Kier molecular flexibility index (Phi) is 6.00. The molecule has 178 valence electrons. The van der Waals surface area contributed by atoms with Crippen LogP contribution in [0.3, 0.4) is 0 Å². The maximum absolute atomic E-state index is 13.7. The molecule has 1 amide bonds. The predicted octanol–water partition coefficient (Wildman–Crippen LogP) is 4.58. The van der Waals surface area contributed by atoms with Crippen molar-refractivity contribution in [2.75, 3.05) is 29.4 Å². The maximum atomic E-state index is 13.7. The molecule has 0 fully saturated rings. The van der Waals surface area contributed by atoms with Crippen molar-refractivity contribution in [3.63, 3.8) is 0 Å². The van der Waals surface area contributed by atoms with Crippen LogP contribution in [-0.4, -0.2) is 34.1 Å². The molecular weight excluding hydrogens is 471 g/mol. The van der Waals surface area contributed by atoms with Gasteiger partial charge in [0, 0.05) is 17.1 Å². The lowest BCUT2D eigenvalue weighted by molar-refractivity contribution is -0.114. The number of nitrogens with one attached hydrogen (secondary N) is 1. The molecule has 0 unspecified atom stereocenters. The Balaban J connectivity index is 1.49. The number of nitrogens with zero attached hydrogens (tertiary/aromatic N) is 1. The van der Waals surface area contributed by atoms with Crippen LogP contribution in [0.4, 0.5) is 15.8 Å². The molecule has 35 heavy (non-hydrogen) atoms. The van der Waals surface area contributed by atoms with Gasteiger partial charge in [0.1, 0.15) is 25.6 Å². The molecule has 0 radical (unpaired) electrons. The molecule has 0 aliphatic carbocycles. The van der Waals surface area contributed by atoms with Gasteiger partial charge >= 0.3 is 0 Å². The minimum absolute atomic E-state index is 0.0796. The second-order valence-electron chi connectivity index (χ2n) is 7.87. The first-order valence-electron chi connectivity index (χ1n) is 10.9. The number of benzene rings is 4. The fraction of sp³-hybridized carbons (Fsp3) is 0.115. The lowest BCUT2D eigenvalue weighted by Gasteiger charge is -2.25. The van der Waals surface area contributed by atoms with Crippen LogP contribution in [0.2, 0.25) is 0 Å². The number of hydrogen-bond donors (Lipinski definition) is 1. The summed E-state index contributed by atoms with van der Waals surface area (Å²) in [5, 5.41) is 4.57. The molecule has 7 nitrogen and oxygen atoms in total. The van der Waals surface area contributed by atoms with Crippen molar-refractivity contribution in [1.82, 2.24) is 0 Å². The molecule has 0 spiro atoms. The average Bonchev–Trinajstić information content (AvgIpc) is 2.88. The van der Waals surface area contributed by atoms with Crippen molar-refractivity contribution in [3.8, 4) is 11.5 Å². The summed E-state index contributed by atoms with van der Waals surface area (Å²) in [5.74, 6) is -0.328. The molecule has 1 aliphatic rings. The summed E-state index contributed by atoms with van der Waals surface area (Å²) in [6, 6.07) is 22.2. The van der Waals surface area contributed by atoms with Gasteiger partial charge in [-0.25, -0.2) is 12.8 Å². The molecule has 9 heteroatoms. The summed E-state index contributed by atoms with van der Waals surface area (Å²) >= 11 is 0. The van der Waals surface area contributed by atoms with Crippen molar-refractivity contribution >= 4 is 38.1 Å². The Bertz CT molecular complexity index is 1500. The van der Waals surface area contributed by atoms with E-state index in [4.69, 9.17) is 9.47 Å². The van der Waals surface area contributed by atoms with E-state index >= 15 is 0 Å². The minimum Gasteiger partial charge on any atom is -0.486 e. The van der Waals surface area contributed by atoms with Crippen LogP contribution in [0, 0.1) is 5.82 Å². The van der Waals surface area contributed by atoms with E-state index in [1.54, 1.807) is 6.07 Å². The maximum Gasteiger partial charge on any atom is 0.264 e. The molecule has 0 saturated carbocycles. The van der Waals surface area contributed by atoms with E-state index in [0.717, 1.165) is 27.2 Å². The molecule has 1 heterocycles. The summed E-state index contributed by atoms with van der Waals surface area (Å²) in [6.07, 6.45) is 0. The standard InChI is InChI=1S/C26H21FN2O5S/c27-19-8-10-20(11-9-19)29(35(31,32)21-12-13-24-25(16-21)34-15-14-33-24)17-26(30)28-23-7-3-5-18-4-1-2-6-22(18)23/h1-13,16H,14-15,17H2,(H,28,30). The third-order valence-electron chi connectivity index (χ3n) is 5.57. The number of halogens is 1. The third-order valence-corrected chi connectivity index (χ3v) is 7.34. The molecule has 5 rings (SSSR count). The first kappa shape index (κ1) is 22.7. The van der Waals surface area contributed by atoms with E-state index in [0.29, 0.717) is 30.4 Å². The predicted molar refractivity (Wildman–Crippen MR) is 131 cm³/mol. The highest BCUT2D eigenvalue weighted by atomic mass is 32.2. The van der Waals surface area contributed by atoms with Gasteiger partial charge in [-0.1, -0.05) is 36.4 Å². The number of amides is 1. The summed E-state index contributed by atoms with van der Waals surface area (Å²) in [7, 11) is -4.22. The molecule has 0 atom stereocenters. The van der Waals surface area contributed by atoms with Gasteiger partial charge in [-0.15, -0.1) is 0 Å². The summed E-state index contributed by atoms with van der Waals surface area (Å²) < 4.78 is 52.8. The van der Waals surface area contributed by atoms with Gasteiger partial charge < -0.3 is 14.8 Å². The number of anilines is 2. The van der Waals surface area contributed by atoms with E-state index in [2.05, 4.69) is 5.32 Å². The highest BCUT2D eigenvalue weighted by Gasteiger charge is 2.29. The van der Waals surface area contributed by atoms with Gasteiger partial charge in [-0.3, -0.25) is 9.10 Å². The fourth-order valence-corrected chi connectivity index (χ4v) is 5.33. The van der Waals surface area contributed by atoms with Crippen molar-refractivity contribution in [1.29, 1.82) is 0 Å². The highest BCUT2D eigenvalue weighted by molar-refractivity contribution is 7.92. The van der Waals surface area contributed by atoms with Crippen LogP contribution in [0.1, 0.15) is 0 Å². The Hall–Kier alpha value is -4.11. The molecule has 4 aromatic carbocycles. The average molecular weight is 493 g/mol. The summed E-state index contributed by atoms with van der Waals surface area (Å²) in [6.45, 7) is 0.145. The Morgan fingerprint density at radius 3 is 2.40 bits per heavy atom. The number of rotatable bonds is 6. The van der Waals surface area contributed by atoms with Crippen molar-refractivity contribution in [2.24, 2.45) is 0 Å². The first-order chi connectivity index (χ1) is 16.9. The van der Waals surface area contributed by atoms with Gasteiger partial charge in [0.15, 0.2) is 11.5 Å². The molecule has 0 bridgehead atoms. The van der Waals surface area contributed by atoms with Crippen molar-refractivity contribution in [2.45, 2.75) is 4.90 Å². The van der Waals surface area contributed by atoms with E-state index in [1.165, 1.54) is 30.3 Å².